The van der Waals surface area contributed by atoms with Gasteiger partial charge in [0.1, 0.15) is 11.7 Å². The van der Waals surface area contributed by atoms with Crippen LogP contribution in [0.1, 0.15) is 10.5 Å². The van der Waals surface area contributed by atoms with Crippen LogP contribution >= 0.6 is 11.8 Å². The molecule has 6 nitrogen and oxygen atoms in total. The summed E-state index contributed by atoms with van der Waals surface area (Å²) in [5, 5.41) is 9.19. The second kappa shape index (κ2) is 5.26. The monoisotopic (exact) mass is 267 g/mol. The van der Waals surface area contributed by atoms with Crippen molar-refractivity contribution in [3.8, 4) is 0 Å². The number of thioether (sulfide) groups is 1. The van der Waals surface area contributed by atoms with Crippen molar-refractivity contribution in [2.75, 3.05) is 23.0 Å². The van der Waals surface area contributed by atoms with Crippen LogP contribution in [-0.4, -0.2) is 46.1 Å². The van der Waals surface area contributed by atoms with Gasteiger partial charge in [0, 0.05) is 29.9 Å². The summed E-state index contributed by atoms with van der Waals surface area (Å²) in [5.41, 5.74) is 5.99. The van der Waals surface area contributed by atoms with Gasteiger partial charge in [-0.2, -0.15) is 11.8 Å². The fraction of sp³-hybridized carbons (Fsp3) is 0.364. The van der Waals surface area contributed by atoms with Gasteiger partial charge in [-0.05, 0) is 12.1 Å². The van der Waals surface area contributed by atoms with Crippen LogP contribution < -0.4 is 10.6 Å². The lowest BCUT2D eigenvalue weighted by molar-refractivity contribution is -0.138. The Morgan fingerprint density at radius 2 is 2.33 bits per heavy atom. The molecule has 1 amide bonds. The van der Waals surface area contributed by atoms with E-state index in [2.05, 4.69) is 4.98 Å². The number of aromatic nitrogens is 1. The summed E-state index contributed by atoms with van der Waals surface area (Å²) in [4.78, 5) is 27.9. The number of nitrogens with zero attached hydrogens (tertiary/aromatic N) is 2. The zero-order chi connectivity index (χ0) is 13.1. The van der Waals surface area contributed by atoms with E-state index in [1.165, 1.54) is 12.3 Å². The molecule has 1 aromatic heterocycles. The molecule has 0 aromatic carbocycles. The van der Waals surface area contributed by atoms with Crippen LogP contribution in [0.25, 0.3) is 0 Å². The molecule has 0 aliphatic carbocycles. The van der Waals surface area contributed by atoms with Crippen molar-refractivity contribution in [2.24, 2.45) is 5.73 Å². The lowest BCUT2D eigenvalue weighted by Crippen LogP contribution is -2.47. The second-order valence-electron chi connectivity index (χ2n) is 3.89. The Kier molecular flexibility index (Phi) is 3.71. The summed E-state index contributed by atoms with van der Waals surface area (Å²) in [6.45, 7) is 0.629. The first-order valence-corrected chi connectivity index (χ1v) is 6.58. The van der Waals surface area contributed by atoms with Crippen molar-refractivity contribution in [2.45, 2.75) is 6.04 Å². The largest absolute Gasteiger partial charge is 0.480 e. The Labute approximate surface area is 108 Å². The Morgan fingerprint density at radius 3 is 3.00 bits per heavy atom. The van der Waals surface area contributed by atoms with Crippen molar-refractivity contribution in [3.63, 3.8) is 0 Å². The van der Waals surface area contributed by atoms with Gasteiger partial charge in [-0.1, -0.05) is 0 Å². The Hall–Kier alpha value is -1.76. The number of rotatable bonds is 3. The van der Waals surface area contributed by atoms with Crippen LogP contribution in [0.5, 0.6) is 0 Å². The Bertz CT molecular complexity index is 480. The summed E-state index contributed by atoms with van der Waals surface area (Å²) < 4.78 is 0. The SMILES string of the molecule is NC(=O)c1cc(N2CCSCC2C(=O)O)ccn1. The van der Waals surface area contributed by atoms with E-state index in [-0.39, 0.29) is 5.69 Å². The molecule has 2 heterocycles. The molecule has 0 bridgehead atoms. The quantitative estimate of drug-likeness (QED) is 0.811. The summed E-state index contributed by atoms with van der Waals surface area (Å²) >= 11 is 1.61. The average molecular weight is 267 g/mol. The number of pyridine rings is 1. The number of carboxylic acid groups (broad SMARTS) is 1. The van der Waals surface area contributed by atoms with Crippen LogP contribution in [-0.2, 0) is 4.79 Å². The molecule has 1 aliphatic rings. The third kappa shape index (κ3) is 2.56. The molecule has 1 unspecified atom stereocenters. The number of amides is 1. The minimum atomic E-state index is -0.861. The van der Waals surface area contributed by atoms with Gasteiger partial charge in [0.25, 0.3) is 5.91 Å². The zero-order valence-electron chi connectivity index (χ0n) is 9.57. The first-order valence-electron chi connectivity index (χ1n) is 5.42. The first kappa shape index (κ1) is 12.7. The summed E-state index contributed by atoms with van der Waals surface area (Å²) in [6, 6.07) is 2.65. The summed E-state index contributed by atoms with van der Waals surface area (Å²) in [6.07, 6.45) is 1.47. The molecule has 1 atom stereocenters. The molecular weight excluding hydrogens is 254 g/mol. The van der Waals surface area contributed by atoms with E-state index in [0.717, 1.165) is 5.75 Å². The zero-order valence-corrected chi connectivity index (χ0v) is 10.4. The van der Waals surface area contributed by atoms with E-state index in [1.807, 2.05) is 0 Å². The standard InChI is InChI=1S/C11H13N3O3S/c12-10(15)8-5-7(1-2-13-8)14-3-4-18-6-9(14)11(16)17/h1-2,5,9H,3-4,6H2,(H2,12,15)(H,16,17). The number of hydrogen-bond donors (Lipinski definition) is 2. The van der Waals surface area contributed by atoms with Crippen molar-refractivity contribution >= 4 is 29.3 Å². The molecule has 1 saturated heterocycles. The maximum atomic E-state index is 11.2. The van der Waals surface area contributed by atoms with E-state index < -0.39 is 17.9 Å². The van der Waals surface area contributed by atoms with Gasteiger partial charge in [0.15, 0.2) is 0 Å². The normalized spacial score (nSPS) is 19.6. The van der Waals surface area contributed by atoms with Crippen molar-refractivity contribution in [1.29, 1.82) is 0 Å². The molecule has 0 radical (unpaired) electrons. The third-order valence-electron chi connectivity index (χ3n) is 2.74. The maximum Gasteiger partial charge on any atom is 0.327 e. The van der Waals surface area contributed by atoms with Crippen LogP contribution in [0.2, 0.25) is 0 Å². The van der Waals surface area contributed by atoms with Gasteiger partial charge >= 0.3 is 5.97 Å². The molecule has 0 spiro atoms. The smallest absolute Gasteiger partial charge is 0.327 e. The number of nitrogens with two attached hydrogens (primary N) is 1. The predicted molar refractivity (Wildman–Crippen MR) is 68.8 cm³/mol. The average Bonchev–Trinajstić information content (AvgIpc) is 2.39. The number of hydrogen-bond acceptors (Lipinski definition) is 5. The van der Waals surface area contributed by atoms with Gasteiger partial charge in [0.2, 0.25) is 0 Å². The maximum absolute atomic E-state index is 11.2. The van der Waals surface area contributed by atoms with Crippen LogP contribution in [0.4, 0.5) is 5.69 Å². The minimum Gasteiger partial charge on any atom is -0.480 e. The number of carbonyl (C=O) groups is 2. The topological polar surface area (TPSA) is 96.5 Å². The molecule has 96 valence electrons. The van der Waals surface area contributed by atoms with Gasteiger partial charge in [-0.25, -0.2) is 4.79 Å². The molecule has 0 saturated carbocycles. The van der Waals surface area contributed by atoms with Crippen LogP contribution in [0.15, 0.2) is 18.3 Å². The van der Waals surface area contributed by atoms with Crippen molar-refractivity contribution < 1.29 is 14.7 Å². The number of primary amides is 1. The summed E-state index contributed by atoms with van der Waals surface area (Å²) in [7, 11) is 0. The molecule has 7 heteroatoms. The fourth-order valence-corrected chi connectivity index (χ4v) is 2.89. The predicted octanol–water partition coefficient (Wildman–Crippen LogP) is 0.187. The van der Waals surface area contributed by atoms with Gasteiger partial charge in [-0.3, -0.25) is 9.78 Å². The second-order valence-corrected chi connectivity index (χ2v) is 5.04. The summed E-state index contributed by atoms with van der Waals surface area (Å²) in [5.74, 6) is -0.0866. The van der Waals surface area contributed by atoms with Crippen molar-refractivity contribution in [3.05, 3.63) is 24.0 Å². The molecule has 3 N–H and O–H groups in total. The van der Waals surface area contributed by atoms with E-state index >= 15 is 0 Å². The van der Waals surface area contributed by atoms with Gasteiger partial charge in [-0.15, -0.1) is 0 Å². The van der Waals surface area contributed by atoms with E-state index in [9.17, 15) is 14.7 Å². The highest BCUT2D eigenvalue weighted by Gasteiger charge is 2.29. The highest BCUT2D eigenvalue weighted by molar-refractivity contribution is 7.99. The van der Waals surface area contributed by atoms with E-state index in [1.54, 1.807) is 22.7 Å². The number of anilines is 1. The number of carboxylic acids is 1. The first-order chi connectivity index (χ1) is 8.59. The van der Waals surface area contributed by atoms with Crippen LogP contribution in [0.3, 0.4) is 0 Å². The van der Waals surface area contributed by atoms with Crippen molar-refractivity contribution in [1.82, 2.24) is 4.98 Å². The van der Waals surface area contributed by atoms with Gasteiger partial charge < -0.3 is 15.7 Å². The lowest BCUT2D eigenvalue weighted by atomic mass is 10.2. The third-order valence-corrected chi connectivity index (χ3v) is 3.76. The molecule has 1 aliphatic heterocycles. The molecule has 1 fully saturated rings. The Morgan fingerprint density at radius 1 is 1.56 bits per heavy atom. The molecule has 2 rings (SSSR count). The number of carbonyl (C=O) groups excluding carboxylic acids is 1. The fourth-order valence-electron chi connectivity index (χ4n) is 1.85. The van der Waals surface area contributed by atoms with Crippen LogP contribution in [0, 0.1) is 0 Å². The lowest BCUT2D eigenvalue weighted by Gasteiger charge is -2.34. The van der Waals surface area contributed by atoms with Gasteiger partial charge in [0.05, 0.1) is 0 Å². The van der Waals surface area contributed by atoms with E-state index in [4.69, 9.17) is 5.73 Å². The highest BCUT2D eigenvalue weighted by atomic mass is 32.2. The minimum absolute atomic E-state index is 0.148. The molecular formula is C11H13N3O3S. The van der Waals surface area contributed by atoms with E-state index in [0.29, 0.717) is 18.0 Å². The Balaban J connectivity index is 2.30. The highest BCUT2D eigenvalue weighted by Crippen LogP contribution is 2.24. The number of aliphatic carboxylic acids is 1. The molecule has 1 aromatic rings. The molecule has 18 heavy (non-hydrogen) atoms.